The smallest absolute Gasteiger partial charge is 0.123 e. The molecule has 0 saturated carbocycles. The molecule has 3 heteroatoms. The standard InChI is InChI=1S/C13H19FN2/c1-15-13-6-8-16(10-13)7-5-11-3-2-4-12(14)9-11/h2-4,9,13,15H,5-8,10H2,1H3. The van der Waals surface area contributed by atoms with E-state index in [-0.39, 0.29) is 5.82 Å². The van der Waals surface area contributed by atoms with Crippen molar-refractivity contribution in [3.63, 3.8) is 0 Å². The van der Waals surface area contributed by atoms with Crippen LogP contribution in [0.25, 0.3) is 0 Å². The summed E-state index contributed by atoms with van der Waals surface area (Å²) < 4.78 is 13.0. The van der Waals surface area contributed by atoms with Gasteiger partial charge in [0.2, 0.25) is 0 Å². The molecule has 1 aliphatic rings. The van der Waals surface area contributed by atoms with E-state index in [4.69, 9.17) is 0 Å². The van der Waals surface area contributed by atoms with Crippen molar-refractivity contribution < 1.29 is 4.39 Å². The lowest BCUT2D eigenvalue weighted by atomic mass is 10.1. The lowest BCUT2D eigenvalue weighted by Gasteiger charge is -2.15. The summed E-state index contributed by atoms with van der Waals surface area (Å²) in [6, 6.07) is 7.54. The van der Waals surface area contributed by atoms with Crippen molar-refractivity contribution in [2.24, 2.45) is 0 Å². The zero-order valence-corrected chi connectivity index (χ0v) is 9.75. The molecule has 1 aromatic rings. The molecule has 2 rings (SSSR count). The van der Waals surface area contributed by atoms with E-state index < -0.39 is 0 Å². The number of likely N-dealkylation sites (tertiary alicyclic amines) is 1. The van der Waals surface area contributed by atoms with E-state index in [0.29, 0.717) is 6.04 Å². The number of hydrogen-bond acceptors (Lipinski definition) is 2. The number of rotatable bonds is 4. The molecule has 1 aliphatic heterocycles. The van der Waals surface area contributed by atoms with Crippen LogP contribution in [0.2, 0.25) is 0 Å². The minimum absolute atomic E-state index is 0.132. The molecule has 2 nitrogen and oxygen atoms in total. The summed E-state index contributed by atoms with van der Waals surface area (Å²) in [5.74, 6) is -0.132. The molecule has 0 amide bonds. The van der Waals surface area contributed by atoms with E-state index in [2.05, 4.69) is 10.2 Å². The number of hydrogen-bond donors (Lipinski definition) is 1. The van der Waals surface area contributed by atoms with Crippen LogP contribution in [0, 0.1) is 5.82 Å². The topological polar surface area (TPSA) is 15.3 Å². The molecule has 16 heavy (non-hydrogen) atoms. The molecule has 1 fully saturated rings. The van der Waals surface area contributed by atoms with E-state index in [1.54, 1.807) is 12.1 Å². The highest BCUT2D eigenvalue weighted by molar-refractivity contribution is 5.16. The predicted molar refractivity (Wildman–Crippen MR) is 64.0 cm³/mol. The van der Waals surface area contributed by atoms with Crippen molar-refractivity contribution >= 4 is 0 Å². The Morgan fingerprint density at radius 3 is 3.06 bits per heavy atom. The van der Waals surface area contributed by atoms with Crippen LogP contribution in [-0.2, 0) is 6.42 Å². The Labute approximate surface area is 96.5 Å². The first-order chi connectivity index (χ1) is 7.78. The fourth-order valence-corrected chi connectivity index (χ4v) is 2.25. The Kier molecular flexibility index (Phi) is 3.91. The van der Waals surface area contributed by atoms with Crippen molar-refractivity contribution in [3.05, 3.63) is 35.6 Å². The third kappa shape index (κ3) is 3.03. The van der Waals surface area contributed by atoms with Crippen LogP contribution in [0.3, 0.4) is 0 Å². The fraction of sp³-hybridized carbons (Fsp3) is 0.538. The first-order valence-electron chi connectivity index (χ1n) is 5.92. The Morgan fingerprint density at radius 2 is 2.38 bits per heavy atom. The summed E-state index contributed by atoms with van der Waals surface area (Å²) in [7, 11) is 2.01. The van der Waals surface area contributed by atoms with Crippen LogP contribution in [-0.4, -0.2) is 37.6 Å². The van der Waals surface area contributed by atoms with Crippen LogP contribution < -0.4 is 5.32 Å². The first-order valence-corrected chi connectivity index (χ1v) is 5.92. The van der Waals surface area contributed by atoms with Gasteiger partial charge in [-0.25, -0.2) is 4.39 Å². The maximum absolute atomic E-state index is 13.0. The highest BCUT2D eigenvalue weighted by atomic mass is 19.1. The van der Waals surface area contributed by atoms with Gasteiger partial charge in [0.1, 0.15) is 5.82 Å². The minimum atomic E-state index is -0.132. The van der Waals surface area contributed by atoms with Gasteiger partial charge in [0.15, 0.2) is 0 Å². The second kappa shape index (κ2) is 5.41. The molecule has 0 bridgehead atoms. The molecule has 0 aromatic heterocycles. The first kappa shape index (κ1) is 11.6. The van der Waals surface area contributed by atoms with Gasteiger partial charge in [-0.1, -0.05) is 12.1 Å². The van der Waals surface area contributed by atoms with Crippen LogP contribution in [0.4, 0.5) is 4.39 Å². The number of nitrogens with one attached hydrogen (secondary N) is 1. The Hall–Kier alpha value is -0.930. The molecule has 0 radical (unpaired) electrons. The maximum atomic E-state index is 13.0. The lowest BCUT2D eigenvalue weighted by molar-refractivity contribution is 0.334. The molecule has 1 atom stereocenters. The van der Waals surface area contributed by atoms with Gasteiger partial charge in [0, 0.05) is 19.1 Å². The van der Waals surface area contributed by atoms with Crippen molar-refractivity contribution in [1.82, 2.24) is 10.2 Å². The molecule has 1 saturated heterocycles. The molecule has 1 unspecified atom stereocenters. The summed E-state index contributed by atoms with van der Waals surface area (Å²) in [5, 5.41) is 3.30. The average molecular weight is 222 g/mol. The summed E-state index contributed by atoms with van der Waals surface area (Å²) >= 11 is 0. The Morgan fingerprint density at radius 1 is 1.50 bits per heavy atom. The number of likely N-dealkylation sites (N-methyl/N-ethyl adjacent to an activating group) is 1. The number of halogens is 1. The normalized spacial score (nSPS) is 21.5. The van der Waals surface area contributed by atoms with E-state index in [1.807, 2.05) is 13.1 Å². The molecular weight excluding hydrogens is 203 g/mol. The Bertz CT molecular complexity index is 340. The zero-order valence-electron chi connectivity index (χ0n) is 9.75. The molecule has 0 aliphatic carbocycles. The third-order valence-electron chi connectivity index (χ3n) is 3.29. The second-order valence-corrected chi connectivity index (χ2v) is 4.45. The third-order valence-corrected chi connectivity index (χ3v) is 3.29. The van der Waals surface area contributed by atoms with E-state index in [1.165, 1.54) is 12.5 Å². The van der Waals surface area contributed by atoms with Gasteiger partial charge in [0.25, 0.3) is 0 Å². The summed E-state index contributed by atoms with van der Waals surface area (Å²) in [4.78, 5) is 2.44. The van der Waals surface area contributed by atoms with E-state index in [0.717, 1.165) is 31.6 Å². The molecule has 1 aromatic carbocycles. The van der Waals surface area contributed by atoms with Gasteiger partial charge in [-0.3, -0.25) is 0 Å². The molecule has 1 heterocycles. The monoisotopic (exact) mass is 222 g/mol. The summed E-state index contributed by atoms with van der Waals surface area (Å²) in [5.41, 5.74) is 1.09. The SMILES string of the molecule is CNC1CCN(CCc2cccc(F)c2)C1. The maximum Gasteiger partial charge on any atom is 0.123 e. The highest BCUT2D eigenvalue weighted by Gasteiger charge is 2.19. The lowest BCUT2D eigenvalue weighted by Crippen LogP contribution is -2.30. The van der Waals surface area contributed by atoms with Crippen molar-refractivity contribution in [1.29, 1.82) is 0 Å². The van der Waals surface area contributed by atoms with Gasteiger partial charge < -0.3 is 10.2 Å². The van der Waals surface area contributed by atoms with Gasteiger partial charge >= 0.3 is 0 Å². The van der Waals surface area contributed by atoms with Crippen molar-refractivity contribution in [3.8, 4) is 0 Å². The molecular formula is C13H19FN2. The van der Waals surface area contributed by atoms with Crippen LogP contribution >= 0.6 is 0 Å². The van der Waals surface area contributed by atoms with Gasteiger partial charge in [-0.2, -0.15) is 0 Å². The summed E-state index contributed by atoms with van der Waals surface area (Å²) in [6.07, 6.45) is 2.16. The van der Waals surface area contributed by atoms with Crippen LogP contribution in [0.5, 0.6) is 0 Å². The van der Waals surface area contributed by atoms with Crippen LogP contribution in [0.1, 0.15) is 12.0 Å². The quantitative estimate of drug-likeness (QED) is 0.833. The van der Waals surface area contributed by atoms with Crippen molar-refractivity contribution in [2.75, 3.05) is 26.7 Å². The van der Waals surface area contributed by atoms with E-state index in [9.17, 15) is 4.39 Å². The van der Waals surface area contributed by atoms with Gasteiger partial charge in [-0.15, -0.1) is 0 Å². The predicted octanol–water partition coefficient (Wildman–Crippen LogP) is 1.66. The number of benzene rings is 1. The van der Waals surface area contributed by atoms with Gasteiger partial charge in [-0.05, 0) is 44.1 Å². The van der Waals surface area contributed by atoms with Crippen molar-refractivity contribution in [2.45, 2.75) is 18.9 Å². The van der Waals surface area contributed by atoms with Crippen LogP contribution in [0.15, 0.2) is 24.3 Å². The highest BCUT2D eigenvalue weighted by Crippen LogP contribution is 2.10. The zero-order chi connectivity index (χ0) is 11.4. The molecule has 0 spiro atoms. The minimum Gasteiger partial charge on any atom is -0.316 e. The summed E-state index contributed by atoms with van der Waals surface area (Å²) in [6.45, 7) is 3.30. The fourth-order valence-electron chi connectivity index (χ4n) is 2.25. The Balaban J connectivity index is 1.80. The van der Waals surface area contributed by atoms with E-state index >= 15 is 0 Å². The molecule has 88 valence electrons. The number of nitrogens with zero attached hydrogens (tertiary/aromatic N) is 1. The largest absolute Gasteiger partial charge is 0.316 e. The second-order valence-electron chi connectivity index (χ2n) is 4.45. The molecule has 1 N–H and O–H groups in total. The van der Waals surface area contributed by atoms with Gasteiger partial charge in [0.05, 0.1) is 0 Å². The average Bonchev–Trinajstić information content (AvgIpc) is 2.74.